The third-order valence-electron chi connectivity index (χ3n) is 2.98. The fraction of sp³-hybridized carbons (Fsp3) is 0. The van der Waals surface area contributed by atoms with Gasteiger partial charge in [-0.1, -0.05) is 34.7 Å². The molecule has 6 heteroatoms. The van der Waals surface area contributed by atoms with Crippen molar-refractivity contribution in [2.24, 2.45) is 0 Å². The van der Waals surface area contributed by atoms with Crippen LogP contribution in [0.15, 0.2) is 60.9 Å². The smallest absolute Gasteiger partial charge is 0.279 e. The van der Waals surface area contributed by atoms with E-state index >= 15 is 0 Å². The van der Waals surface area contributed by atoms with Crippen LogP contribution < -0.4 is 4.74 Å². The Morgan fingerprint density at radius 1 is 1.05 bits per heavy atom. The molecule has 0 unspecified atom stereocenters. The molecule has 0 radical (unpaired) electrons. The maximum Gasteiger partial charge on any atom is 0.279 e. The van der Waals surface area contributed by atoms with Gasteiger partial charge in [0.05, 0.1) is 28.3 Å². The first-order valence-corrected chi connectivity index (χ1v) is 7.20. The lowest BCUT2D eigenvalue weighted by molar-refractivity contribution is 0.479. The van der Waals surface area contributed by atoms with Crippen molar-refractivity contribution in [2.45, 2.75) is 0 Å². The van der Waals surface area contributed by atoms with Crippen LogP contribution >= 0.6 is 11.3 Å². The summed E-state index contributed by atoms with van der Waals surface area (Å²) in [5.41, 5.74) is 1.84. The lowest BCUT2D eigenvalue weighted by atomic mass is 10.3. The zero-order valence-electron chi connectivity index (χ0n) is 10.9. The van der Waals surface area contributed by atoms with Crippen LogP contribution in [0, 0.1) is 0 Å². The average molecular weight is 294 g/mol. The Bertz CT molecular complexity index is 852. The van der Waals surface area contributed by atoms with Crippen LogP contribution in [-0.4, -0.2) is 20.0 Å². The molecule has 0 atom stereocenters. The van der Waals surface area contributed by atoms with Crippen LogP contribution in [-0.2, 0) is 0 Å². The predicted octanol–water partition coefficient (Wildman–Crippen LogP) is 3.67. The van der Waals surface area contributed by atoms with Gasteiger partial charge in [-0.2, -0.15) is 0 Å². The van der Waals surface area contributed by atoms with Crippen LogP contribution in [0.2, 0.25) is 0 Å². The van der Waals surface area contributed by atoms with E-state index in [1.807, 2.05) is 48.5 Å². The van der Waals surface area contributed by atoms with E-state index in [-0.39, 0.29) is 0 Å². The van der Waals surface area contributed by atoms with E-state index in [4.69, 9.17) is 4.74 Å². The largest absolute Gasteiger partial charge is 0.431 e. The molecule has 4 aromatic rings. The van der Waals surface area contributed by atoms with Gasteiger partial charge in [-0.25, -0.2) is 9.67 Å². The molecule has 0 saturated heterocycles. The highest BCUT2D eigenvalue weighted by molar-refractivity contribution is 7.20. The molecule has 0 amide bonds. The van der Waals surface area contributed by atoms with Gasteiger partial charge in [0.1, 0.15) is 5.75 Å². The Morgan fingerprint density at radius 2 is 2.00 bits per heavy atom. The molecule has 0 bridgehead atoms. The Labute approximate surface area is 124 Å². The topological polar surface area (TPSA) is 52.8 Å². The van der Waals surface area contributed by atoms with Gasteiger partial charge < -0.3 is 4.74 Å². The molecule has 0 fully saturated rings. The number of fused-ring (bicyclic) bond motifs is 1. The second-order valence-corrected chi connectivity index (χ2v) is 5.39. The zero-order valence-corrected chi connectivity index (χ0v) is 11.7. The minimum atomic E-state index is 0.631. The number of thiazole rings is 1. The van der Waals surface area contributed by atoms with E-state index in [1.165, 1.54) is 11.3 Å². The number of rotatable bonds is 3. The van der Waals surface area contributed by atoms with Gasteiger partial charge in [-0.05, 0) is 24.3 Å². The van der Waals surface area contributed by atoms with E-state index in [2.05, 4.69) is 15.3 Å². The van der Waals surface area contributed by atoms with Crippen molar-refractivity contribution in [1.29, 1.82) is 0 Å². The van der Waals surface area contributed by atoms with Gasteiger partial charge in [0.2, 0.25) is 0 Å². The van der Waals surface area contributed by atoms with E-state index in [1.54, 1.807) is 17.1 Å². The number of ether oxygens (including phenoxy) is 1. The van der Waals surface area contributed by atoms with Gasteiger partial charge in [-0.15, -0.1) is 5.10 Å². The van der Waals surface area contributed by atoms with Crippen molar-refractivity contribution in [2.75, 3.05) is 0 Å². The third kappa shape index (κ3) is 2.36. The molecule has 0 aliphatic heterocycles. The molecule has 0 saturated carbocycles. The first-order valence-electron chi connectivity index (χ1n) is 6.39. The van der Waals surface area contributed by atoms with Crippen molar-refractivity contribution in [3.8, 4) is 16.6 Å². The Morgan fingerprint density at radius 3 is 2.86 bits per heavy atom. The van der Waals surface area contributed by atoms with Crippen molar-refractivity contribution in [1.82, 2.24) is 20.0 Å². The van der Waals surface area contributed by atoms with E-state index in [0.717, 1.165) is 21.7 Å². The molecule has 102 valence electrons. The third-order valence-corrected chi connectivity index (χ3v) is 3.90. The van der Waals surface area contributed by atoms with E-state index < -0.39 is 0 Å². The summed E-state index contributed by atoms with van der Waals surface area (Å²) >= 11 is 1.53. The Kier molecular flexibility index (Phi) is 2.86. The number of hydrogen-bond acceptors (Lipinski definition) is 5. The van der Waals surface area contributed by atoms with Gasteiger partial charge in [0, 0.05) is 6.07 Å². The first kappa shape index (κ1) is 12.0. The molecule has 5 nitrogen and oxygen atoms in total. The summed E-state index contributed by atoms with van der Waals surface area (Å²) in [6.45, 7) is 0. The van der Waals surface area contributed by atoms with E-state index in [9.17, 15) is 0 Å². The standard InChI is InChI=1S/C15H10N4OS/c1-2-7-14-13(6-1)17-15(21-14)20-12-5-3-4-11(10-12)19-9-8-16-18-19/h1-10H. The number of aromatic nitrogens is 4. The van der Waals surface area contributed by atoms with Gasteiger partial charge in [0.25, 0.3) is 5.19 Å². The van der Waals surface area contributed by atoms with Crippen molar-refractivity contribution < 1.29 is 4.74 Å². The minimum absolute atomic E-state index is 0.631. The highest BCUT2D eigenvalue weighted by Crippen LogP contribution is 2.31. The van der Waals surface area contributed by atoms with Crippen molar-refractivity contribution >= 4 is 21.6 Å². The monoisotopic (exact) mass is 294 g/mol. The highest BCUT2D eigenvalue weighted by atomic mass is 32.1. The lowest BCUT2D eigenvalue weighted by Gasteiger charge is -2.04. The highest BCUT2D eigenvalue weighted by Gasteiger charge is 2.06. The molecule has 0 spiro atoms. The van der Waals surface area contributed by atoms with Crippen molar-refractivity contribution in [3.05, 3.63) is 60.9 Å². The fourth-order valence-corrected chi connectivity index (χ4v) is 2.87. The van der Waals surface area contributed by atoms with Crippen LogP contribution in [0.3, 0.4) is 0 Å². The Balaban J connectivity index is 1.66. The molecule has 0 aliphatic carbocycles. The molecule has 2 heterocycles. The number of hydrogen-bond donors (Lipinski definition) is 0. The summed E-state index contributed by atoms with van der Waals surface area (Å²) in [6.07, 6.45) is 3.43. The van der Waals surface area contributed by atoms with Crippen LogP contribution in [0.5, 0.6) is 10.9 Å². The summed E-state index contributed by atoms with van der Waals surface area (Å²) in [7, 11) is 0. The lowest BCUT2D eigenvalue weighted by Crippen LogP contribution is -1.95. The molecule has 2 aromatic heterocycles. The van der Waals surface area contributed by atoms with Crippen molar-refractivity contribution in [3.63, 3.8) is 0 Å². The summed E-state index contributed by atoms with van der Waals surface area (Å²) in [5.74, 6) is 0.724. The van der Waals surface area contributed by atoms with Crippen LogP contribution in [0.4, 0.5) is 0 Å². The molecular formula is C15H10N4OS. The number of para-hydroxylation sites is 1. The number of benzene rings is 2. The first-order chi connectivity index (χ1) is 10.4. The van der Waals surface area contributed by atoms with Gasteiger partial charge >= 0.3 is 0 Å². The normalized spacial score (nSPS) is 10.9. The molecule has 0 aliphatic rings. The van der Waals surface area contributed by atoms with E-state index in [0.29, 0.717) is 5.19 Å². The minimum Gasteiger partial charge on any atom is -0.431 e. The maximum atomic E-state index is 5.85. The van der Waals surface area contributed by atoms with Crippen LogP contribution in [0.1, 0.15) is 0 Å². The quantitative estimate of drug-likeness (QED) is 0.578. The Hall–Kier alpha value is -2.73. The molecule has 0 N–H and O–H groups in total. The summed E-state index contributed by atoms with van der Waals surface area (Å²) in [5, 5.41) is 8.40. The molecule has 4 rings (SSSR count). The summed E-state index contributed by atoms with van der Waals surface area (Å²) in [6, 6.07) is 15.6. The number of nitrogens with zero attached hydrogens (tertiary/aromatic N) is 4. The second kappa shape index (κ2) is 4.99. The van der Waals surface area contributed by atoms with Gasteiger partial charge in [-0.3, -0.25) is 0 Å². The summed E-state index contributed by atoms with van der Waals surface area (Å²) in [4.78, 5) is 4.46. The fourth-order valence-electron chi connectivity index (χ4n) is 2.03. The summed E-state index contributed by atoms with van der Waals surface area (Å²) < 4.78 is 8.64. The second-order valence-electron chi connectivity index (χ2n) is 4.39. The molecular weight excluding hydrogens is 284 g/mol. The molecule has 2 aromatic carbocycles. The zero-order chi connectivity index (χ0) is 14.1. The average Bonchev–Trinajstić information content (AvgIpc) is 3.16. The van der Waals surface area contributed by atoms with Crippen LogP contribution in [0.25, 0.3) is 15.9 Å². The molecule has 21 heavy (non-hydrogen) atoms. The van der Waals surface area contributed by atoms with Gasteiger partial charge in [0.15, 0.2) is 0 Å². The SMILES string of the molecule is c1cc(Oc2nc3ccccc3s2)cc(-n2ccnn2)c1. The predicted molar refractivity (Wildman–Crippen MR) is 81.1 cm³/mol. The maximum absolute atomic E-state index is 5.85.